The smallest absolute Gasteiger partial charge is 0.233 e. The van der Waals surface area contributed by atoms with Crippen molar-refractivity contribution in [2.75, 3.05) is 19.7 Å². The van der Waals surface area contributed by atoms with Crippen molar-refractivity contribution < 1.29 is 9.90 Å². The van der Waals surface area contributed by atoms with Crippen molar-refractivity contribution in [3.05, 3.63) is 0 Å². The predicted molar refractivity (Wildman–Crippen MR) is 59.5 cm³/mol. The molecule has 4 nitrogen and oxygen atoms in total. The quantitative estimate of drug-likeness (QED) is 0.594. The van der Waals surface area contributed by atoms with Gasteiger partial charge in [0.1, 0.15) is 0 Å². The minimum atomic E-state index is 0.0298. The maximum absolute atomic E-state index is 11.4. The van der Waals surface area contributed by atoms with E-state index >= 15 is 0 Å². The molecule has 0 aromatic carbocycles. The summed E-state index contributed by atoms with van der Waals surface area (Å²) in [5.74, 6) is 0.169. The third kappa shape index (κ3) is 5.14. The molecule has 1 saturated carbocycles. The molecular formula is C11H22N2O2. The highest BCUT2D eigenvalue weighted by Crippen LogP contribution is 2.17. The Kier molecular flexibility index (Phi) is 5.65. The number of hydrogen-bond donors (Lipinski definition) is 3. The Bertz CT molecular complexity index is 191. The van der Waals surface area contributed by atoms with Crippen LogP contribution in [0.25, 0.3) is 0 Å². The average Bonchev–Trinajstić information content (AvgIpc) is 2.75. The lowest BCUT2D eigenvalue weighted by molar-refractivity contribution is -0.120. The van der Waals surface area contributed by atoms with Gasteiger partial charge in [-0.05, 0) is 18.8 Å². The Balaban J connectivity index is 2.02. The van der Waals surface area contributed by atoms with E-state index in [9.17, 15) is 4.79 Å². The van der Waals surface area contributed by atoms with Gasteiger partial charge < -0.3 is 15.7 Å². The first-order valence-corrected chi connectivity index (χ1v) is 5.83. The molecule has 1 rings (SSSR count). The van der Waals surface area contributed by atoms with Crippen LogP contribution in [0.4, 0.5) is 0 Å². The van der Waals surface area contributed by atoms with Gasteiger partial charge in [-0.25, -0.2) is 0 Å². The topological polar surface area (TPSA) is 61.4 Å². The number of amides is 1. The molecular weight excluding hydrogens is 192 g/mol. The molecule has 15 heavy (non-hydrogen) atoms. The molecule has 1 unspecified atom stereocenters. The summed E-state index contributed by atoms with van der Waals surface area (Å²) in [6.45, 7) is 2.99. The number of hydrogen-bond acceptors (Lipinski definition) is 3. The Hall–Kier alpha value is -0.610. The SMILES string of the molecule is CC(CO)CNC(=O)CNC1CCCC1. The molecule has 88 valence electrons. The molecule has 0 heterocycles. The number of aliphatic hydroxyl groups is 1. The van der Waals surface area contributed by atoms with E-state index in [1.54, 1.807) is 0 Å². The molecule has 0 aromatic rings. The van der Waals surface area contributed by atoms with Gasteiger partial charge in [0.15, 0.2) is 0 Å². The fourth-order valence-electron chi connectivity index (χ4n) is 1.78. The lowest BCUT2D eigenvalue weighted by Gasteiger charge is -2.13. The molecule has 3 N–H and O–H groups in total. The highest BCUT2D eigenvalue weighted by molar-refractivity contribution is 5.77. The van der Waals surface area contributed by atoms with E-state index in [-0.39, 0.29) is 18.4 Å². The summed E-state index contributed by atoms with van der Waals surface area (Å²) in [5.41, 5.74) is 0. The molecule has 0 radical (unpaired) electrons. The van der Waals surface area contributed by atoms with Gasteiger partial charge in [0.05, 0.1) is 6.54 Å². The molecule has 1 aliphatic carbocycles. The van der Waals surface area contributed by atoms with Crippen molar-refractivity contribution in [1.82, 2.24) is 10.6 Å². The molecule has 4 heteroatoms. The molecule has 0 aromatic heterocycles. The minimum Gasteiger partial charge on any atom is -0.396 e. The predicted octanol–water partition coefficient (Wildman–Crippen LogP) is 0.263. The maximum Gasteiger partial charge on any atom is 0.233 e. The number of carbonyl (C=O) groups excluding carboxylic acids is 1. The second-order valence-corrected chi connectivity index (χ2v) is 4.45. The van der Waals surface area contributed by atoms with Crippen molar-refractivity contribution in [1.29, 1.82) is 0 Å². The van der Waals surface area contributed by atoms with Crippen LogP contribution in [-0.4, -0.2) is 36.8 Å². The zero-order valence-electron chi connectivity index (χ0n) is 9.46. The summed E-state index contributed by atoms with van der Waals surface area (Å²) in [5, 5.41) is 14.8. The van der Waals surface area contributed by atoms with Crippen LogP contribution >= 0.6 is 0 Å². The van der Waals surface area contributed by atoms with Gasteiger partial charge in [-0.15, -0.1) is 0 Å². The summed E-state index contributed by atoms with van der Waals surface area (Å²) in [4.78, 5) is 11.4. The van der Waals surface area contributed by atoms with Crippen molar-refractivity contribution in [2.45, 2.75) is 38.6 Å². The summed E-state index contributed by atoms with van der Waals surface area (Å²) in [6.07, 6.45) is 4.95. The zero-order valence-corrected chi connectivity index (χ0v) is 9.46. The monoisotopic (exact) mass is 214 g/mol. The molecule has 1 fully saturated rings. The fourth-order valence-corrected chi connectivity index (χ4v) is 1.78. The maximum atomic E-state index is 11.4. The molecule has 0 aliphatic heterocycles. The van der Waals surface area contributed by atoms with Crippen LogP contribution in [-0.2, 0) is 4.79 Å². The van der Waals surface area contributed by atoms with Crippen molar-refractivity contribution in [2.24, 2.45) is 5.92 Å². The van der Waals surface area contributed by atoms with Crippen molar-refractivity contribution >= 4 is 5.91 Å². The summed E-state index contributed by atoms with van der Waals surface area (Å²) in [6, 6.07) is 0.533. The standard InChI is InChI=1S/C11H22N2O2/c1-9(8-14)6-13-11(15)7-12-10-4-2-3-5-10/h9-10,12,14H,2-8H2,1H3,(H,13,15). The van der Waals surface area contributed by atoms with E-state index in [2.05, 4.69) is 10.6 Å². The number of aliphatic hydroxyl groups excluding tert-OH is 1. The third-order valence-electron chi connectivity index (χ3n) is 2.87. The van der Waals surface area contributed by atoms with Crippen LogP contribution in [0.5, 0.6) is 0 Å². The Morgan fingerprint density at radius 1 is 1.47 bits per heavy atom. The van der Waals surface area contributed by atoms with E-state index in [0.29, 0.717) is 19.1 Å². The number of carbonyl (C=O) groups is 1. The molecule has 0 spiro atoms. The third-order valence-corrected chi connectivity index (χ3v) is 2.87. The number of nitrogens with one attached hydrogen (secondary N) is 2. The Labute approximate surface area is 91.4 Å². The minimum absolute atomic E-state index is 0.0298. The zero-order chi connectivity index (χ0) is 11.1. The molecule has 0 bridgehead atoms. The van der Waals surface area contributed by atoms with Gasteiger partial charge in [-0.3, -0.25) is 4.79 Å². The largest absolute Gasteiger partial charge is 0.396 e. The molecule has 1 atom stereocenters. The van der Waals surface area contributed by atoms with Gasteiger partial charge in [-0.1, -0.05) is 19.8 Å². The van der Waals surface area contributed by atoms with Crippen LogP contribution in [0.15, 0.2) is 0 Å². The Morgan fingerprint density at radius 3 is 2.73 bits per heavy atom. The van der Waals surface area contributed by atoms with E-state index < -0.39 is 0 Å². The lowest BCUT2D eigenvalue weighted by atomic mass is 10.2. The van der Waals surface area contributed by atoms with Crippen LogP contribution in [0, 0.1) is 5.92 Å². The summed E-state index contributed by atoms with van der Waals surface area (Å²) in [7, 11) is 0. The van der Waals surface area contributed by atoms with E-state index in [0.717, 1.165) is 0 Å². The summed E-state index contributed by atoms with van der Waals surface area (Å²) < 4.78 is 0. The highest BCUT2D eigenvalue weighted by Gasteiger charge is 2.15. The first-order chi connectivity index (χ1) is 7.22. The van der Waals surface area contributed by atoms with Gasteiger partial charge in [0, 0.05) is 19.2 Å². The summed E-state index contributed by atoms with van der Waals surface area (Å²) >= 11 is 0. The fraction of sp³-hybridized carbons (Fsp3) is 0.909. The van der Waals surface area contributed by atoms with Gasteiger partial charge in [-0.2, -0.15) is 0 Å². The van der Waals surface area contributed by atoms with Gasteiger partial charge in [0.2, 0.25) is 5.91 Å². The van der Waals surface area contributed by atoms with E-state index in [1.165, 1.54) is 25.7 Å². The Morgan fingerprint density at radius 2 is 2.13 bits per heavy atom. The first-order valence-electron chi connectivity index (χ1n) is 5.83. The van der Waals surface area contributed by atoms with E-state index in [4.69, 9.17) is 5.11 Å². The van der Waals surface area contributed by atoms with Crippen molar-refractivity contribution in [3.8, 4) is 0 Å². The van der Waals surface area contributed by atoms with Crippen LogP contribution < -0.4 is 10.6 Å². The molecule has 0 saturated heterocycles. The first kappa shape index (κ1) is 12.5. The van der Waals surface area contributed by atoms with Crippen molar-refractivity contribution in [3.63, 3.8) is 0 Å². The average molecular weight is 214 g/mol. The van der Waals surface area contributed by atoms with Crippen LogP contribution in [0.3, 0.4) is 0 Å². The second kappa shape index (κ2) is 6.80. The number of rotatable bonds is 6. The second-order valence-electron chi connectivity index (χ2n) is 4.45. The van der Waals surface area contributed by atoms with Crippen LogP contribution in [0.1, 0.15) is 32.6 Å². The highest BCUT2D eigenvalue weighted by atomic mass is 16.3. The van der Waals surface area contributed by atoms with E-state index in [1.807, 2.05) is 6.92 Å². The molecule has 1 aliphatic rings. The van der Waals surface area contributed by atoms with Gasteiger partial charge >= 0.3 is 0 Å². The molecule has 1 amide bonds. The lowest BCUT2D eigenvalue weighted by Crippen LogP contribution is -2.39. The normalized spacial score (nSPS) is 19.1. The van der Waals surface area contributed by atoms with Gasteiger partial charge in [0.25, 0.3) is 0 Å². The van der Waals surface area contributed by atoms with Crippen LogP contribution in [0.2, 0.25) is 0 Å².